The number of carbonyl (C=O) groups excluding carboxylic acids is 3. The first-order valence-electron chi connectivity index (χ1n) is 5.59. The summed E-state index contributed by atoms with van der Waals surface area (Å²) in [6, 6.07) is 2.60. The Labute approximate surface area is 108 Å². The molecular weight excluding hydrogens is 253 g/mol. The third kappa shape index (κ3) is 2.54. The van der Waals surface area contributed by atoms with Crippen LogP contribution in [-0.2, 0) is 9.59 Å². The number of amides is 3. The van der Waals surface area contributed by atoms with Gasteiger partial charge in [0, 0.05) is 11.3 Å². The molecule has 7 heteroatoms. The fraction of sp³-hybridized carbons (Fsp3) is 0.250. The summed E-state index contributed by atoms with van der Waals surface area (Å²) in [7, 11) is 0. The van der Waals surface area contributed by atoms with Crippen LogP contribution in [0.2, 0.25) is 0 Å². The lowest BCUT2D eigenvalue weighted by Gasteiger charge is -2.31. The van der Waals surface area contributed by atoms with Crippen molar-refractivity contribution in [2.24, 2.45) is 0 Å². The summed E-state index contributed by atoms with van der Waals surface area (Å²) < 4.78 is 13.2. The number of nitrogens with zero attached hydrogens (tertiary/aromatic N) is 1. The second-order valence-electron chi connectivity index (χ2n) is 4.29. The molecule has 1 unspecified atom stereocenters. The second kappa shape index (κ2) is 4.68. The van der Waals surface area contributed by atoms with E-state index in [0.717, 1.165) is 17.0 Å². The quantitative estimate of drug-likeness (QED) is 0.547. The molecule has 6 nitrogen and oxygen atoms in total. The first kappa shape index (κ1) is 13.0. The lowest BCUT2D eigenvalue weighted by molar-refractivity contribution is -0.138. The van der Waals surface area contributed by atoms with Crippen molar-refractivity contribution in [2.75, 3.05) is 12.3 Å². The molecule has 100 valence electrons. The smallest absolute Gasteiger partial charge is 0.255 e. The standard InChI is InChI=1S/C12H12FN3O3/c1-6-11(18)15-10(17)5-16(6)12(19)7-2-8(13)4-9(14)3-7/h2-4,6H,5,14H2,1H3,(H,15,17,18). The molecule has 1 fully saturated rings. The minimum atomic E-state index is -0.797. The molecule has 0 bridgehead atoms. The van der Waals surface area contributed by atoms with Crippen LogP contribution < -0.4 is 11.1 Å². The van der Waals surface area contributed by atoms with Crippen molar-refractivity contribution in [3.63, 3.8) is 0 Å². The van der Waals surface area contributed by atoms with Crippen molar-refractivity contribution in [2.45, 2.75) is 13.0 Å². The molecule has 0 radical (unpaired) electrons. The summed E-state index contributed by atoms with van der Waals surface area (Å²) in [5, 5.41) is 2.12. The van der Waals surface area contributed by atoms with Gasteiger partial charge in [-0.25, -0.2) is 4.39 Å². The van der Waals surface area contributed by atoms with E-state index in [9.17, 15) is 18.8 Å². The minimum absolute atomic E-state index is 0.00634. The van der Waals surface area contributed by atoms with Gasteiger partial charge in [-0.2, -0.15) is 0 Å². The maximum Gasteiger partial charge on any atom is 0.255 e. The topological polar surface area (TPSA) is 92.5 Å². The van der Waals surface area contributed by atoms with E-state index >= 15 is 0 Å². The fourth-order valence-electron chi connectivity index (χ4n) is 1.86. The van der Waals surface area contributed by atoms with Gasteiger partial charge in [0.2, 0.25) is 11.8 Å². The fourth-order valence-corrected chi connectivity index (χ4v) is 1.86. The van der Waals surface area contributed by atoms with Crippen LogP contribution in [0.15, 0.2) is 18.2 Å². The molecular formula is C12H12FN3O3. The molecule has 1 aliphatic rings. The maximum absolute atomic E-state index is 13.2. The number of nitrogens with two attached hydrogens (primary N) is 1. The second-order valence-corrected chi connectivity index (χ2v) is 4.29. The van der Waals surface area contributed by atoms with Gasteiger partial charge in [-0.05, 0) is 25.1 Å². The minimum Gasteiger partial charge on any atom is -0.399 e. The summed E-state index contributed by atoms with van der Waals surface area (Å²) in [5.41, 5.74) is 5.57. The van der Waals surface area contributed by atoms with E-state index in [1.54, 1.807) is 0 Å². The SMILES string of the molecule is CC1C(=O)NC(=O)CN1C(=O)c1cc(N)cc(F)c1. The van der Waals surface area contributed by atoms with Crippen LogP contribution in [0.5, 0.6) is 0 Å². The number of halogens is 1. The van der Waals surface area contributed by atoms with E-state index in [2.05, 4.69) is 5.32 Å². The predicted octanol–water partition coefficient (Wildman–Crippen LogP) is -0.105. The molecule has 3 amide bonds. The van der Waals surface area contributed by atoms with Crippen LogP contribution in [0.25, 0.3) is 0 Å². The molecule has 0 saturated carbocycles. The highest BCUT2D eigenvalue weighted by molar-refractivity contribution is 6.07. The summed E-state index contributed by atoms with van der Waals surface area (Å²) in [6.07, 6.45) is 0. The third-order valence-electron chi connectivity index (χ3n) is 2.85. The van der Waals surface area contributed by atoms with Gasteiger partial charge in [-0.1, -0.05) is 0 Å². The van der Waals surface area contributed by atoms with Crippen molar-refractivity contribution >= 4 is 23.4 Å². The van der Waals surface area contributed by atoms with Crippen molar-refractivity contribution in [1.29, 1.82) is 0 Å². The van der Waals surface area contributed by atoms with Crippen molar-refractivity contribution in [3.05, 3.63) is 29.6 Å². The number of nitrogen functional groups attached to an aromatic ring is 1. The van der Waals surface area contributed by atoms with Gasteiger partial charge in [-0.15, -0.1) is 0 Å². The van der Waals surface area contributed by atoms with E-state index < -0.39 is 29.6 Å². The molecule has 1 aromatic rings. The predicted molar refractivity (Wildman–Crippen MR) is 64.5 cm³/mol. The Hall–Kier alpha value is -2.44. The molecule has 0 aliphatic carbocycles. The van der Waals surface area contributed by atoms with Gasteiger partial charge >= 0.3 is 0 Å². The summed E-state index contributed by atoms with van der Waals surface area (Å²) in [5.74, 6) is -2.39. The van der Waals surface area contributed by atoms with Crippen LogP contribution in [0, 0.1) is 5.82 Å². The van der Waals surface area contributed by atoms with Crippen LogP contribution in [0.3, 0.4) is 0 Å². The number of hydrogen-bond acceptors (Lipinski definition) is 4. The lowest BCUT2D eigenvalue weighted by atomic mass is 10.1. The monoisotopic (exact) mass is 265 g/mol. The van der Waals surface area contributed by atoms with Crippen LogP contribution >= 0.6 is 0 Å². The van der Waals surface area contributed by atoms with E-state index in [4.69, 9.17) is 5.73 Å². The lowest BCUT2D eigenvalue weighted by Crippen LogP contribution is -2.58. The molecule has 1 aromatic carbocycles. The van der Waals surface area contributed by atoms with Crippen LogP contribution in [0.4, 0.5) is 10.1 Å². The largest absolute Gasteiger partial charge is 0.399 e. The Balaban J connectivity index is 2.32. The number of carbonyl (C=O) groups is 3. The zero-order valence-corrected chi connectivity index (χ0v) is 10.1. The third-order valence-corrected chi connectivity index (χ3v) is 2.85. The number of benzene rings is 1. The Morgan fingerprint density at radius 2 is 2.11 bits per heavy atom. The van der Waals surface area contributed by atoms with Gasteiger partial charge in [0.25, 0.3) is 5.91 Å². The normalized spacial score (nSPS) is 19.3. The summed E-state index contributed by atoms with van der Waals surface area (Å²) >= 11 is 0. The molecule has 2 rings (SSSR count). The molecule has 19 heavy (non-hydrogen) atoms. The zero-order chi connectivity index (χ0) is 14.2. The molecule has 0 spiro atoms. The van der Waals surface area contributed by atoms with Crippen molar-refractivity contribution in [1.82, 2.24) is 10.2 Å². The first-order valence-corrected chi connectivity index (χ1v) is 5.59. The average Bonchev–Trinajstić information content (AvgIpc) is 2.31. The highest BCUT2D eigenvalue weighted by atomic mass is 19.1. The number of anilines is 1. The van der Waals surface area contributed by atoms with Gasteiger partial charge in [0.05, 0.1) is 0 Å². The molecule has 0 aromatic heterocycles. The Bertz CT molecular complexity index is 553. The Morgan fingerprint density at radius 3 is 2.74 bits per heavy atom. The number of nitrogens with one attached hydrogen (secondary N) is 1. The van der Waals surface area contributed by atoms with E-state index in [1.165, 1.54) is 13.0 Å². The number of imide groups is 1. The van der Waals surface area contributed by atoms with E-state index in [1.807, 2.05) is 0 Å². The Morgan fingerprint density at radius 1 is 1.42 bits per heavy atom. The molecule has 1 aliphatic heterocycles. The maximum atomic E-state index is 13.2. The number of rotatable bonds is 1. The molecule has 1 saturated heterocycles. The van der Waals surface area contributed by atoms with E-state index in [-0.39, 0.29) is 17.8 Å². The number of hydrogen-bond donors (Lipinski definition) is 2. The highest BCUT2D eigenvalue weighted by Gasteiger charge is 2.34. The molecule has 1 atom stereocenters. The van der Waals surface area contributed by atoms with Gasteiger partial charge in [0.15, 0.2) is 0 Å². The highest BCUT2D eigenvalue weighted by Crippen LogP contribution is 2.16. The molecule has 1 heterocycles. The van der Waals surface area contributed by atoms with Gasteiger partial charge in [-0.3, -0.25) is 19.7 Å². The van der Waals surface area contributed by atoms with Gasteiger partial charge < -0.3 is 10.6 Å². The first-order chi connectivity index (χ1) is 8.88. The molecule has 3 N–H and O–H groups in total. The van der Waals surface area contributed by atoms with Crippen LogP contribution in [-0.4, -0.2) is 35.2 Å². The Kier molecular flexibility index (Phi) is 3.20. The van der Waals surface area contributed by atoms with Gasteiger partial charge in [0.1, 0.15) is 18.4 Å². The van der Waals surface area contributed by atoms with Crippen molar-refractivity contribution < 1.29 is 18.8 Å². The average molecular weight is 265 g/mol. The zero-order valence-electron chi connectivity index (χ0n) is 10.1. The van der Waals surface area contributed by atoms with E-state index in [0.29, 0.717) is 0 Å². The van der Waals surface area contributed by atoms with Crippen LogP contribution in [0.1, 0.15) is 17.3 Å². The van der Waals surface area contributed by atoms with Crippen molar-refractivity contribution in [3.8, 4) is 0 Å². The number of piperazine rings is 1. The summed E-state index contributed by atoms with van der Waals surface area (Å²) in [4.78, 5) is 36.0. The summed E-state index contributed by atoms with van der Waals surface area (Å²) in [6.45, 7) is 1.24.